The quantitative estimate of drug-likeness (QED) is 0.771. The summed E-state index contributed by atoms with van der Waals surface area (Å²) in [6, 6.07) is 5.13. The van der Waals surface area contributed by atoms with E-state index in [9.17, 15) is 13.2 Å². The Labute approximate surface area is 106 Å². The van der Waals surface area contributed by atoms with Crippen LogP contribution in [0.4, 0.5) is 5.69 Å². The first-order valence-corrected chi connectivity index (χ1v) is 7.04. The molecular weight excluding hydrogens is 252 g/mol. The molecule has 0 fully saturated rings. The number of carbonyl (C=O) groups excluding carboxylic acids is 1. The number of sulfone groups is 1. The molecule has 96 valence electrons. The first-order valence-electron chi connectivity index (χ1n) is 5.14. The summed E-state index contributed by atoms with van der Waals surface area (Å²) >= 11 is 0. The van der Waals surface area contributed by atoms with Crippen molar-refractivity contribution in [3.63, 3.8) is 0 Å². The topological polar surface area (TPSA) is 89.3 Å². The SMILES string of the molecule is C#CCC(N)C(=O)Nc1cccc(S(C)(=O)=O)c1. The van der Waals surface area contributed by atoms with E-state index in [1.165, 1.54) is 12.1 Å². The van der Waals surface area contributed by atoms with Gasteiger partial charge in [0.05, 0.1) is 10.9 Å². The predicted octanol–water partition coefficient (Wildman–Crippen LogP) is 0.379. The Hall–Kier alpha value is -1.84. The van der Waals surface area contributed by atoms with E-state index in [2.05, 4.69) is 11.2 Å². The lowest BCUT2D eigenvalue weighted by Gasteiger charge is -2.10. The number of anilines is 1. The number of hydrogen-bond acceptors (Lipinski definition) is 4. The Morgan fingerprint density at radius 2 is 2.22 bits per heavy atom. The fourth-order valence-electron chi connectivity index (χ4n) is 1.26. The molecule has 1 amide bonds. The van der Waals surface area contributed by atoms with Crippen molar-refractivity contribution < 1.29 is 13.2 Å². The van der Waals surface area contributed by atoms with Gasteiger partial charge in [0, 0.05) is 18.4 Å². The average molecular weight is 266 g/mol. The number of benzene rings is 1. The third kappa shape index (κ3) is 3.87. The lowest BCUT2D eigenvalue weighted by molar-refractivity contribution is -0.117. The van der Waals surface area contributed by atoms with Crippen LogP contribution in [0, 0.1) is 12.3 Å². The zero-order valence-corrected chi connectivity index (χ0v) is 10.7. The zero-order valence-electron chi connectivity index (χ0n) is 9.88. The van der Waals surface area contributed by atoms with Crippen molar-refractivity contribution >= 4 is 21.4 Å². The van der Waals surface area contributed by atoms with Gasteiger partial charge < -0.3 is 11.1 Å². The second-order valence-electron chi connectivity index (χ2n) is 3.80. The molecule has 1 aromatic rings. The minimum absolute atomic E-state index is 0.123. The normalized spacial score (nSPS) is 12.5. The number of hydrogen-bond donors (Lipinski definition) is 2. The number of nitrogens with two attached hydrogens (primary N) is 1. The molecule has 0 saturated carbocycles. The summed E-state index contributed by atoms with van der Waals surface area (Å²) in [5, 5.41) is 2.52. The molecule has 0 saturated heterocycles. The van der Waals surface area contributed by atoms with Crippen LogP contribution in [-0.4, -0.2) is 26.6 Å². The van der Waals surface area contributed by atoms with E-state index >= 15 is 0 Å². The van der Waals surface area contributed by atoms with Gasteiger partial charge in [0.1, 0.15) is 0 Å². The van der Waals surface area contributed by atoms with E-state index < -0.39 is 21.8 Å². The Balaban J connectivity index is 2.87. The van der Waals surface area contributed by atoms with Crippen molar-refractivity contribution in [1.29, 1.82) is 0 Å². The van der Waals surface area contributed by atoms with E-state index in [1.807, 2.05) is 0 Å². The van der Waals surface area contributed by atoms with Crippen molar-refractivity contribution in [2.24, 2.45) is 5.73 Å². The van der Waals surface area contributed by atoms with Gasteiger partial charge in [-0.2, -0.15) is 0 Å². The number of carbonyl (C=O) groups is 1. The van der Waals surface area contributed by atoms with Gasteiger partial charge in [-0.05, 0) is 18.2 Å². The summed E-state index contributed by atoms with van der Waals surface area (Å²) < 4.78 is 22.7. The van der Waals surface area contributed by atoms with Gasteiger partial charge in [-0.1, -0.05) is 6.07 Å². The summed E-state index contributed by atoms with van der Waals surface area (Å²) in [5.41, 5.74) is 5.90. The number of terminal acetylenes is 1. The zero-order chi connectivity index (χ0) is 13.8. The van der Waals surface area contributed by atoms with Gasteiger partial charge >= 0.3 is 0 Å². The van der Waals surface area contributed by atoms with Crippen LogP contribution < -0.4 is 11.1 Å². The maximum atomic E-state index is 11.6. The van der Waals surface area contributed by atoms with Crippen molar-refractivity contribution in [3.05, 3.63) is 24.3 Å². The maximum Gasteiger partial charge on any atom is 0.242 e. The molecule has 0 aliphatic rings. The molecular formula is C12H14N2O3S. The van der Waals surface area contributed by atoms with Crippen molar-refractivity contribution in [2.75, 3.05) is 11.6 Å². The van der Waals surface area contributed by atoms with Gasteiger partial charge in [0.15, 0.2) is 9.84 Å². The number of rotatable bonds is 4. The van der Waals surface area contributed by atoms with Crippen LogP contribution in [0.15, 0.2) is 29.2 Å². The molecule has 0 aromatic heterocycles. The molecule has 6 heteroatoms. The second kappa shape index (κ2) is 5.67. The van der Waals surface area contributed by atoms with Gasteiger partial charge in [0.25, 0.3) is 0 Å². The van der Waals surface area contributed by atoms with Gasteiger partial charge in [-0.25, -0.2) is 8.42 Å². The molecule has 0 spiro atoms. The molecule has 1 aromatic carbocycles. The van der Waals surface area contributed by atoms with Gasteiger partial charge in [-0.3, -0.25) is 4.79 Å². The summed E-state index contributed by atoms with van der Waals surface area (Å²) in [6.45, 7) is 0. The van der Waals surface area contributed by atoms with Crippen LogP contribution in [-0.2, 0) is 14.6 Å². The number of nitrogens with one attached hydrogen (secondary N) is 1. The van der Waals surface area contributed by atoms with Crippen LogP contribution in [0.1, 0.15) is 6.42 Å². The summed E-state index contributed by atoms with van der Waals surface area (Å²) in [4.78, 5) is 11.7. The van der Waals surface area contributed by atoms with Crippen molar-refractivity contribution in [2.45, 2.75) is 17.4 Å². The minimum atomic E-state index is -3.31. The first-order chi connectivity index (χ1) is 8.34. The molecule has 0 aliphatic heterocycles. The molecule has 0 radical (unpaired) electrons. The van der Waals surface area contributed by atoms with E-state index in [0.29, 0.717) is 5.69 Å². The van der Waals surface area contributed by atoms with Crippen molar-refractivity contribution in [1.82, 2.24) is 0 Å². The largest absolute Gasteiger partial charge is 0.325 e. The predicted molar refractivity (Wildman–Crippen MR) is 69.6 cm³/mol. The van der Waals surface area contributed by atoms with Gasteiger partial charge in [-0.15, -0.1) is 12.3 Å². The summed E-state index contributed by atoms with van der Waals surface area (Å²) in [7, 11) is -3.31. The number of amides is 1. The summed E-state index contributed by atoms with van der Waals surface area (Å²) in [6.07, 6.45) is 6.27. The fourth-order valence-corrected chi connectivity index (χ4v) is 1.93. The average Bonchev–Trinajstić information content (AvgIpc) is 2.28. The molecule has 1 unspecified atom stereocenters. The van der Waals surface area contributed by atoms with Crippen LogP contribution in [0.5, 0.6) is 0 Å². The standard InChI is InChI=1S/C12H14N2O3S/c1-3-5-11(13)12(15)14-9-6-4-7-10(8-9)18(2,16)17/h1,4,6-8,11H,5,13H2,2H3,(H,14,15). The molecule has 0 bridgehead atoms. The lowest BCUT2D eigenvalue weighted by Crippen LogP contribution is -2.35. The highest BCUT2D eigenvalue weighted by atomic mass is 32.2. The Kier molecular flexibility index (Phi) is 4.48. The summed E-state index contributed by atoms with van der Waals surface area (Å²) in [5.74, 6) is 1.84. The molecule has 3 N–H and O–H groups in total. The molecule has 18 heavy (non-hydrogen) atoms. The molecule has 1 rings (SSSR count). The van der Waals surface area contributed by atoms with Crippen LogP contribution in [0.25, 0.3) is 0 Å². The molecule has 5 nitrogen and oxygen atoms in total. The molecule has 1 atom stereocenters. The first kappa shape index (κ1) is 14.2. The van der Waals surface area contributed by atoms with Crippen LogP contribution in [0.2, 0.25) is 0 Å². The highest BCUT2D eigenvalue weighted by Crippen LogP contribution is 2.15. The molecule has 0 heterocycles. The van der Waals surface area contributed by atoms with Crippen LogP contribution in [0.3, 0.4) is 0 Å². The lowest BCUT2D eigenvalue weighted by atomic mass is 10.2. The maximum absolute atomic E-state index is 11.6. The second-order valence-corrected chi connectivity index (χ2v) is 5.82. The third-order valence-corrected chi connectivity index (χ3v) is 3.31. The van der Waals surface area contributed by atoms with Crippen molar-refractivity contribution in [3.8, 4) is 12.3 Å². The third-order valence-electron chi connectivity index (χ3n) is 2.20. The van der Waals surface area contributed by atoms with Crippen LogP contribution >= 0.6 is 0 Å². The monoisotopic (exact) mass is 266 g/mol. The van der Waals surface area contributed by atoms with E-state index in [0.717, 1.165) is 6.26 Å². The fraction of sp³-hybridized carbons (Fsp3) is 0.250. The van der Waals surface area contributed by atoms with Gasteiger partial charge in [0.2, 0.25) is 5.91 Å². The smallest absolute Gasteiger partial charge is 0.242 e. The highest BCUT2D eigenvalue weighted by Gasteiger charge is 2.13. The minimum Gasteiger partial charge on any atom is -0.325 e. The Morgan fingerprint density at radius 3 is 2.78 bits per heavy atom. The van der Waals surface area contributed by atoms with E-state index in [4.69, 9.17) is 12.2 Å². The van der Waals surface area contributed by atoms with E-state index in [-0.39, 0.29) is 11.3 Å². The Bertz CT molecular complexity index is 588. The highest BCUT2D eigenvalue weighted by molar-refractivity contribution is 7.90. The Morgan fingerprint density at radius 1 is 1.56 bits per heavy atom. The molecule has 0 aliphatic carbocycles. The van der Waals surface area contributed by atoms with E-state index in [1.54, 1.807) is 12.1 Å².